The van der Waals surface area contributed by atoms with Crippen molar-refractivity contribution in [3.8, 4) is 0 Å². The van der Waals surface area contributed by atoms with E-state index in [1.54, 1.807) is 23.5 Å². The Morgan fingerprint density at radius 3 is 2.82 bits per heavy atom. The van der Waals surface area contributed by atoms with Gasteiger partial charge < -0.3 is 11.5 Å². The van der Waals surface area contributed by atoms with Gasteiger partial charge in [-0.05, 0) is 48.6 Å². The van der Waals surface area contributed by atoms with Crippen molar-refractivity contribution in [2.45, 2.75) is 25.3 Å². The predicted octanol–water partition coefficient (Wildman–Crippen LogP) is 5.13. The lowest BCUT2D eigenvalue weighted by atomic mass is 9.84. The Bertz CT molecular complexity index is 1060. The van der Waals surface area contributed by atoms with E-state index >= 15 is 0 Å². The summed E-state index contributed by atoms with van der Waals surface area (Å²) in [5.41, 5.74) is 12.7. The topological polar surface area (TPSA) is 76.8 Å². The van der Waals surface area contributed by atoms with Crippen molar-refractivity contribution in [1.29, 1.82) is 0 Å². The maximum absolute atomic E-state index is 14.7. The van der Waals surface area contributed by atoms with Crippen LogP contribution in [0.3, 0.4) is 0 Å². The average molecular weight is 413 g/mol. The number of hydrogen-bond acceptors (Lipinski definition) is 5. The third-order valence-electron chi connectivity index (χ3n) is 5.05. The minimum atomic E-state index is -0.642. The monoisotopic (exact) mass is 412 g/mol. The number of benzene rings is 2. The van der Waals surface area contributed by atoms with Crippen LogP contribution in [0.15, 0.2) is 58.5 Å². The molecular weight excluding hydrogens is 391 g/mol. The molecule has 4 nitrogen and oxygen atoms in total. The Labute approximate surface area is 171 Å². The van der Waals surface area contributed by atoms with E-state index in [0.29, 0.717) is 28.7 Å². The number of nitrogens with two attached hydrogens (primary N) is 2. The summed E-state index contributed by atoms with van der Waals surface area (Å²) in [4.78, 5) is 10.1. The number of amidine groups is 2. The number of thiophene rings is 1. The zero-order chi connectivity index (χ0) is 19.7. The molecular formula is C21H21FN4S2. The Morgan fingerprint density at radius 2 is 2.07 bits per heavy atom. The molecule has 1 aromatic heterocycles. The fourth-order valence-electron chi connectivity index (χ4n) is 3.51. The molecule has 2 aromatic carbocycles. The maximum Gasteiger partial charge on any atom is 0.154 e. The Morgan fingerprint density at radius 1 is 1.25 bits per heavy atom. The molecule has 2 heterocycles. The molecule has 1 aliphatic heterocycles. The number of aliphatic imine (C=N–C) groups is 2. The van der Waals surface area contributed by atoms with Crippen molar-refractivity contribution < 1.29 is 4.39 Å². The molecule has 3 aromatic rings. The van der Waals surface area contributed by atoms with Crippen LogP contribution in [-0.4, -0.2) is 16.8 Å². The average Bonchev–Trinajstić information content (AvgIpc) is 3.14. The van der Waals surface area contributed by atoms with Crippen LogP contribution in [-0.2, 0) is 5.54 Å². The van der Waals surface area contributed by atoms with Gasteiger partial charge >= 0.3 is 0 Å². The lowest BCUT2D eigenvalue weighted by molar-refractivity contribution is 0.397. The van der Waals surface area contributed by atoms with Gasteiger partial charge in [0.05, 0.1) is 16.1 Å². The number of thioether (sulfide) groups is 1. The normalized spacial score (nSPS) is 20.4. The molecule has 0 aliphatic carbocycles. The van der Waals surface area contributed by atoms with E-state index in [1.165, 1.54) is 17.8 Å². The number of rotatable bonds is 4. The van der Waals surface area contributed by atoms with Gasteiger partial charge in [-0.3, -0.25) is 4.99 Å². The van der Waals surface area contributed by atoms with Gasteiger partial charge in [0.1, 0.15) is 11.7 Å². The molecule has 28 heavy (non-hydrogen) atoms. The summed E-state index contributed by atoms with van der Waals surface area (Å²) in [6.45, 7) is 2.01. The standard InChI is InChI=1S/C21H21FN4S2/c1-2-21(9-10-27-20(24)26-21)15-12-14(7-8-16(15)22)25-19(23)18-11-13-5-3-4-6-17(13)28-18/h3-8,11-12H,2,9-10H2,1H3,(H2,23,25)(H2,24,26)/t21-/m0/s1. The van der Waals surface area contributed by atoms with E-state index in [4.69, 9.17) is 11.5 Å². The van der Waals surface area contributed by atoms with Crippen LogP contribution in [0.4, 0.5) is 10.1 Å². The highest BCUT2D eigenvalue weighted by Crippen LogP contribution is 2.40. The summed E-state index contributed by atoms with van der Waals surface area (Å²) in [5.74, 6) is 0.955. The molecule has 0 amide bonds. The highest BCUT2D eigenvalue weighted by molar-refractivity contribution is 8.13. The highest BCUT2D eigenvalue weighted by Gasteiger charge is 2.35. The minimum absolute atomic E-state index is 0.287. The second-order valence-corrected chi connectivity index (χ2v) is 8.94. The van der Waals surface area contributed by atoms with Gasteiger partial charge in [0.25, 0.3) is 0 Å². The first-order valence-corrected chi connectivity index (χ1v) is 10.9. The fourth-order valence-corrected chi connectivity index (χ4v) is 5.36. The number of fused-ring (bicyclic) bond motifs is 1. The van der Waals surface area contributed by atoms with Crippen LogP contribution < -0.4 is 11.5 Å². The Balaban J connectivity index is 1.74. The Kier molecular flexibility index (Phi) is 5.12. The largest absolute Gasteiger partial charge is 0.383 e. The van der Waals surface area contributed by atoms with E-state index in [0.717, 1.165) is 27.1 Å². The molecule has 0 saturated carbocycles. The number of nitrogens with zero attached hydrogens (tertiary/aromatic N) is 2. The Hall–Kier alpha value is -2.38. The van der Waals surface area contributed by atoms with Crippen LogP contribution in [0.2, 0.25) is 0 Å². The van der Waals surface area contributed by atoms with Crippen LogP contribution in [0.25, 0.3) is 10.1 Å². The van der Waals surface area contributed by atoms with E-state index in [2.05, 4.69) is 16.1 Å². The summed E-state index contributed by atoms with van der Waals surface area (Å²) >= 11 is 3.10. The number of hydrogen-bond donors (Lipinski definition) is 2. The minimum Gasteiger partial charge on any atom is -0.383 e. The summed E-state index contributed by atoms with van der Waals surface area (Å²) in [7, 11) is 0. The van der Waals surface area contributed by atoms with Crippen LogP contribution in [0, 0.1) is 5.82 Å². The zero-order valence-electron chi connectivity index (χ0n) is 15.5. The van der Waals surface area contributed by atoms with Gasteiger partial charge in [-0.2, -0.15) is 0 Å². The van der Waals surface area contributed by atoms with E-state index in [9.17, 15) is 4.39 Å². The smallest absolute Gasteiger partial charge is 0.154 e. The van der Waals surface area contributed by atoms with Gasteiger partial charge in [-0.15, -0.1) is 11.3 Å². The molecule has 0 saturated heterocycles. The van der Waals surface area contributed by atoms with E-state index in [-0.39, 0.29) is 5.82 Å². The summed E-state index contributed by atoms with van der Waals surface area (Å²) in [6, 6.07) is 15.0. The molecule has 144 valence electrons. The lowest BCUT2D eigenvalue weighted by Gasteiger charge is -2.33. The van der Waals surface area contributed by atoms with E-state index < -0.39 is 5.54 Å². The van der Waals surface area contributed by atoms with E-state index in [1.807, 2.05) is 31.2 Å². The highest BCUT2D eigenvalue weighted by atomic mass is 32.2. The van der Waals surface area contributed by atoms with Crippen molar-refractivity contribution in [3.05, 3.63) is 64.8 Å². The van der Waals surface area contributed by atoms with Gasteiger partial charge in [-0.1, -0.05) is 36.9 Å². The quantitative estimate of drug-likeness (QED) is 0.460. The molecule has 4 rings (SSSR count). The third kappa shape index (κ3) is 3.52. The zero-order valence-corrected chi connectivity index (χ0v) is 17.1. The van der Waals surface area contributed by atoms with Crippen molar-refractivity contribution in [2.75, 3.05) is 5.75 Å². The fraction of sp³-hybridized carbons (Fsp3) is 0.238. The summed E-state index contributed by atoms with van der Waals surface area (Å²) in [5, 5.41) is 1.64. The molecule has 1 atom stereocenters. The summed E-state index contributed by atoms with van der Waals surface area (Å²) in [6.07, 6.45) is 1.41. The van der Waals surface area contributed by atoms with Crippen molar-refractivity contribution in [1.82, 2.24) is 0 Å². The van der Waals surface area contributed by atoms with Gasteiger partial charge in [0, 0.05) is 16.0 Å². The van der Waals surface area contributed by atoms with Crippen molar-refractivity contribution in [3.63, 3.8) is 0 Å². The van der Waals surface area contributed by atoms with Gasteiger partial charge in [0.15, 0.2) is 5.17 Å². The molecule has 7 heteroatoms. The molecule has 0 unspecified atom stereocenters. The number of halogens is 1. The van der Waals surface area contributed by atoms with Crippen LogP contribution >= 0.6 is 23.1 Å². The summed E-state index contributed by atoms with van der Waals surface area (Å²) < 4.78 is 15.9. The first kappa shape index (κ1) is 19.0. The first-order valence-electron chi connectivity index (χ1n) is 9.12. The molecule has 0 bridgehead atoms. The molecule has 0 radical (unpaired) electrons. The maximum atomic E-state index is 14.7. The second kappa shape index (κ2) is 7.56. The predicted molar refractivity (Wildman–Crippen MR) is 119 cm³/mol. The molecule has 1 aliphatic rings. The second-order valence-electron chi connectivity index (χ2n) is 6.74. The van der Waals surface area contributed by atoms with Crippen molar-refractivity contribution in [2.24, 2.45) is 21.5 Å². The van der Waals surface area contributed by atoms with Gasteiger partial charge in [0.2, 0.25) is 0 Å². The van der Waals surface area contributed by atoms with Crippen LogP contribution in [0.5, 0.6) is 0 Å². The molecule has 0 fully saturated rings. The third-order valence-corrected chi connectivity index (χ3v) is 6.99. The lowest BCUT2D eigenvalue weighted by Crippen LogP contribution is -2.32. The molecule has 4 N–H and O–H groups in total. The van der Waals surface area contributed by atoms with Crippen LogP contribution in [0.1, 0.15) is 30.2 Å². The SMILES string of the molecule is CC[C@@]1(c2cc(N=C(N)c3cc4ccccc4s3)ccc2F)CCSC(N)=N1. The van der Waals surface area contributed by atoms with Crippen molar-refractivity contribution >= 4 is 49.9 Å². The first-order chi connectivity index (χ1) is 13.5. The molecule has 0 spiro atoms. The van der Waals surface area contributed by atoms with Gasteiger partial charge in [-0.25, -0.2) is 9.38 Å².